The molecule has 0 bridgehead atoms. The number of carbonyl (C=O) groups excluding carboxylic acids is 3. The summed E-state index contributed by atoms with van der Waals surface area (Å²) in [5.74, 6) is -1.66. The molecule has 1 fully saturated rings. The molecule has 0 atom stereocenters. The Hall–Kier alpha value is -3.46. The first kappa shape index (κ1) is 26.6. The van der Waals surface area contributed by atoms with Crippen molar-refractivity contribution in [2.45, 2.75) is 13.0 Å². The molecule has 0 radical (unpaired) electrons. The van der Waals surface area contributed by atoms with Crippen LogP contribution in [0.25, 0.3) is 6.08 Å². The molecule has 3 aromatic rings. The molecule has 1 heterocycles. The van der Waals surface area contributed by atoms with Gasteiger partial charge >= 0.3 is 6.03 Å². The van der Waals surface area contributed by atoms with Gasteiger partial charge in [0.1, 0.15) is 23.7 Å². The number of amides is 4. The number of benzene rings is 3. The lowest BCUT2D eigenvalue weighted by Crippen LogP contribution is -2.54. The van der Waals surface area contributed by atoms with E-state index in [1.54, 1.807) is 36.4 Å². The monoisotopic (exact) mass is 602 g/mol. The van der Waals surface area contributed by atoms with Crippen molar-refractivity contribution in [1.29, 1.82) is 0 Å². The zero-order valence-electron chi connectivity index (χ0n) is 19.1. The second kappa shape index (κ2) is 11.3. The Bertz CT molecular complexity index is 1460. The van der Waals surface area contributed by atoms with Gasteiger partial charge in [-0.1, -0.05) is 35.3 Å². The van der Waals surface area contributed by atoms with Gasteiger partial charge in [-0.05, 0) is 88.1 Å². The molecule has 10 heteroatoms. The minimum Gasteiger partial charge on any atom is -0.487 e. The Morgan fingerprint density at radius 1 is 1.03 bits per heavy atom. The smallest absolute Gasteiger partial charge is 0.335 e. The van der Waals surface area contributed by atoms with Crippen LogP contribution in [0.4, 0.5) is 14.9 Å². The second-order valence-corrected chi connectivity index (χ2v) is 9.64. The summed E-state index contributed by atoms with van der Waals surface area (Å²) in [5.41, 5.74) is 1.84. The molecule has 4 rings (SSSR count). The van der Waals surface area contributed by atoms with E-state index in [-0.39, 0.29) is 17.9 Å². The fraction of sp³-hybridized carbons (Fsp3) is 0.0741. The van der Waals surface area contributed by atoms with Crippen LogP contribution in [0, 0.1) is 5.82 Å². The van der Waals surface area contributed by atoms with Crippen molar-refractivity contribution in [3.8, 4) is 5.75 Å². The first-order chi connectivity index (χ1) is 17.7. The summed E-state index contributed by atoms with van der Waals surface area (Å²) in [5, 5.41) is 3.13. The van der Waals surface area contributed by atoms with E-state index in [1.807, 2.05) is 0 Å². The van der Waals surface area contributed by atoms with Gasteiger partial charge in [0.25, 0.3) is 11.8 Å². The predicted molar refractivity (Wildman–Crippen MR) is 144 cm³/mol. The number of nitrogens with one attached hydrogen (secondary N) is 1. The fourth-order valence-electron chi connectivity index (χ4n) is 3.66. The molecule has 1 N–H and O–H groups in total. The summed E-state index contributed by atoms with van der Waals surface area (Å²) in [4.78, 5) is 38.8. The maximum Gasteiger partial charge on any atom is 0.335 e. The highest BCUT2D eigenvalue weighted by Crippen LogP contribution is 2.34. The number of carbonyl (C=O) groups is 3. The van der Waals surface area contributed by atoms with Gasteiger partial charge in [0.15, 0.2) is 0 Å². The van der Waals surface area contributed by atoms with E-state index in [4.69, 9.17) is 27.9 Å². The average molecular weight is 604 g/mol. The Morgan fingerprint density at radius 3 is 2.43 bits per heavy atom. The van der Waals surface area contributed by atoms with Gasteiger partial charge in [0.05, 0.1) is 10.2 Å². The lowest BCUT2D eigenvalue weighted by Gasteiger charge is -2.26. The van der Waals surface area contributed by atoms with Crippen molar-refractivity contribution in [2.75, 3.05) is 4.90 Å². The van der Waals surface area contributed by atoms with Crippen LogP contribution < -0.4 is 15.0 Å². The SMILES string of the molecule is C=CCc1cc(/C=C2\C(=O)NC(=O)N(c3ccc(F)cc3)C2=O)cc(Br)c1OCc1ccc(Cl)cc1Cl. The van der Waals surface area contributed by atoms with Gasteiger partial charge in [0.2, 0.25) is 0 Å². The predicted octanol–water partition coefficient (Wildman–Crippen LogP) is 6.87. The summed E-state index contributed by atoms with van der Waals surface area (Å²) in [6.45, 7) is 3.96. The number of halogens is 4. The van der Waals surface area contributed by atoms with Gasteiger partial charge in [0, 0.05) is 15.6 Å². The van der Waals surface area contributed by atoms with Crippen molar-refractivity contribution >= 4 is 68.7 Å². The number of rotatable bonds is 7. The molecule has 0 unspecified atom stereocenters. The molecule has 6 nitrogen and oxygen atoms in total. The molecule has 0 saturated carbocycles. The van der Waals surface area contributed by atoms with Crippen LogP contribution in [0.1, 0.15) is 16.7 Å². The second-order valence-electron chi connectivity index (χ2n) is 7.94. The Kier molecular flexibility index (Phi) is 8.12. The molecule has 3 aromatic carbocycles. The van der Waals surface area contributed by atoms with Crippen molar-refractivity contribution in [1.82, 2.24) is 5.32 Å². The van der Waals surface area contributed by atoms with E-state index in [2.05, 4.69) is 27.8 Å². The molecular formula is C27H18BrCl2FN2O4. The van der Waals surface area contributed by atoms with Crippen LogP contribution in [0.3, 0.4) is 0 Å². The van der Waals surface area contributed by atoms with E-state index >= 15 is 0 Å². The highest BCUT2D eigenvalue weighted by molar-refractivity contribution is 9.10. The minimum atomic E-state index is -0.920. The van der Waals surface area contributed by atoms with Crippen LogP contribution in [0.5, 0.6) is 5.75 Å². The number of anilines is 1. The van der Waals surface area contributed by atoms with Crippen LogP contribution in [0.15, 0.2) is 77.3 Å². The Labute approximate surface area is 230 Å². The largest absolute Gasteiger partial charge is 0.487 e. The van der Waals surface area contributed by atoms with Gasteiger partial charge in [-0.25, -0.2) is 14.1 Å². The summed E-state index contributed by atoms with van der Waals surface area (Å²) < 4.78 is 19.9. The third-order valence-corrected chi connectivity index (χ3v) is 6.57. The number of allylic oxidation sites excluding steroid dienone is 1. The van der Waals surface area contributed by atoms with Gasteiger partial charge in [-0.3, -0.25) is 14.9 Å². The lowest BCUT2D eigenvalue weighted by molar-refractivity contribution is -0.122. The van der Waals surface area contributed by atoms with Crippen molar-refractivity contribution in [2.24, 2.45) is 0 Å². The molecule has 1 aliphatic heterocycles. The van der Waals surface area contributed by atoms with Gasteiger partial charge in [-0.2, -0.15) is 0 Å². The lowest BCUT2D eigenvalue weighted by atomic mass is 10.0. The summed E-state index contributed by atoms with van der Waals surface area (Å²) in [6, 6.07) is 12.4. The standard InChI is InChI=1S/C27H18BrCl2FN2O4/c1-2-3-16-10-15(12-22(28)24(16)37-14-17-4-5-18(29)13-23(17)30)11-21-25(34)32-27(36)33(26(21)35)20-8-6-19(31)7-9-20/h2,4-13H,1,3,14H2,(H,32,34,36)/b21-11+. The summed E-state index contributed by atoms with van der Waals surface area (Å²) in [6.07, 6.45) is 3.49. The number of ether oxygens (including phenoxy) is 1. The first-order valence-electron chi connectivity index (χ1n) is 10.8. The normalized spacial score (nSPS) is 14.6. The van der Waals surface area contributed by atoms with Crippen molar-refractivity contribution in [3.63, 3.8) is 0 Å². The number of hydrogen-bond acceptors (Lipinski definition) is 4. The summed E-state index contributed by atoms with van der Waals surface area (Å²) >= 11 is 15.7. The van der Waals surface area contributed by atoms with Gasteiger partial charge in [-0.15, -0.1) is 6.58 Å². The number of imide groups is 2. The molecule has 0 aromatic heterocycles. The third-order valence-electron chi connectivity index (χ3n) is 5.39. The fourth-order valence-corrected chi connectivity index (χ4v) is 4.76. The van der Waals surface area contributed by atoms with Crippen molar-refractivity contribution < 1.29 is 23.5 Å². The van der Waals surface area contributed by atoms with E-state index < -0.39 is 23.7 Å². The van der Waals surface area contributed by atoms with E-state index in [0.717, 1.165) is 28.2 Å². The average Bonchev–Trinajstić information content (AvgIpc) is 2.83. The number of hydrogen-bond donors (Lipinski definition) is 1. The summed E-state index contributed by atoms with van der Waals surface area (Å²) in [7, 11) is 0. The quantitative estimate of drug-likeness (QED) is 0.182. The number of nitrogens with zero attached hydrogens (tertiary/aromatic N) is 1. The number of urea groups is 1. The maximum absolute atomic E-state index is 13.3. The molecule has 37 heavy (non-hydrogen) atoms. The van der Waals surface area contributed by atoms with Crippen LogP contribution in [-0.2, 0) is 22.6 Å². The zero-order valence-corrected chi connectivity index (χ0v) is 22.2. The molecular weight excluding hydrogens is 586 g/mol. The van der Waals surface area contributed by atoms with Crippen molar-refractivity contribution in [3.05, 3.63) is 110 Å². The Balaban J connectivity index is 1.66. The zero-order chi connectivity index (χ0) is 26.7. The highest BCUT2D eigenvalue weighted by atomic mass is 79.9. The van der Waals surface area contributed by atoms with E-state index in [9.17, 15) is 18.8 Å². The minimum absolute atomic E-state index is 0.125. The van der Waals surface area contributed by atoms with Crippen LogP contribution in [0.2, 0.25) is 10.0 Å². The molecule has 0 aliphatic carbocycles. The topological polar surface area (TPSA) is 75.7 Å². The molecule has 0 spiro atoms. The van der Waals surface area contributed by atoms with Gasteiger partial charge < -0.3 is 4.74 Å². The molecule has 188 valence electrons. The molecule has 4 amide bonds. The molecule has 1 aliphatic rings. The maximum atomic E-state index is 13.3. The van der Waals surface area contributed by atoms with Crippen LogP contribution in [-0.4, -0.2) is 17.8 Å². The highest BCUT2D eigenvalue weighted by Gasteiger charge is 2.36. The first-order valence-corrected chi connectivity index (χ1v) is 12.4. The Morgan fingerprint density at radius 2 is 1.76 bits per heavy atom. The third kappa shape index (κ3) is 5.93. The number of barbiturate groups is 1. The molecule has 1 saturated heterocycles. The van der Waals surface area contributed by atoms with Crippen LogP contribution >= 0.6 is 39.1 Å². The van der Waals surface area contributed by atoms with E-state index in [1.165, 1.54) is 18.2 Å². The van der Waals surface area contributed by atoms with E-state index in [0.29, 0.717) is 32.3 Å².